The van der Waals surface area contributed by atoms with E-state index < -0.39 is 38.7 Å². The Morgan fingerprint density at radius 3 is 2.65 bits per heavy atom. The van der Waals surface area contributed by atoms with Gasteiger partial charge in [0, 0.05) is 41.7 Å². The number of fused-ring (bicyclic) bond motifs is 1. The Hall–Kier alpha value is -3.14. The Kier molecular flexibility index (Phi) is 6.49. The molecule has 0 radical (unpaired) electrons. The van der Waals surface area contributed by atoms with Gasteiger partial charge in [0.15, 0.2) is 5.82 Å². The van der Waals surface area contributed by atoms with Gasteiger partial charge in [-0.3, -0.25) is 14.5 Å². The second-order valence-corrected chi connectivity index (χ2v) is 8.72. The third kappa shape index (κ3) is 4.48. The lowest BCUT2D eigenvalue weighted by Crippen LogP contribution is -2.18. The minimum Gasteiger partial charge on any atom is -0.345 e. The highest BCUT2D eigenvalue weighted by Crippen LogP contribution is 2.28. The fraction of sp³-hybridized carbons (Fsp3) is 0.286. The van der Waals surface area contributed by atoms with E-state index in [1.807, 2.05) is 6.92 Å². The van der Waals surface area contributed by atoms with Crippen LogP contribution in [0.15, 0.2) is 35.6 Å². The molecule has 7 nitrogen and oxygen atoms in total. The molecule has 0 amide bonds. The van der Waals surface area contributed by atoms with E-state index in [-0.39, 0.29) is 11.3 Å². The lowest BCUT2D eigenvalue weighted by atomic mass is 10.00. The number of halogens is 2. The Labute approximate surface area is 178 Å². The number of hydrogen-bond acceptors (Lipinski definition) is 5. The quantitative estimate of drug-likeness (QED) is 0.401. The number of nitrogens with one attached hydrogen (secondary N) is 2. The minimum absolute atomic E-state index is 0.0160. The van der Waals surface area contributed by atoms with Gasteiger partial charge in [0.25, 0.3) is 0 Å². The number of carbonyl (C=O) groups is 1. The first-order valence-electron chi connectivity index (χ1n) is 9.68. The molecule has 0 unspecified atom stereocenters. The average molecular weight is 448 g/mol. The van der Waals surface area contributed by atoms with E-state index in [9.17, 15) is 17.6 Å². The molecule has 10 heteroatoms. The van der Waals surface area contributed by atoms with E-state index in [0.717, 1.165) is 17.8 Å². The van der Waals surface area contributed by atoms with Crippen molar-refractivity contribution in [2.75, 3.05) is 17.5 Å². The lowest BCUT2D eigenvalue weighted by Gasteiger charge is -2.11. The maximum absolute atomic E-state index is 15.0. The van der Waals surface area contributed by atoms with Crippen LogP contribution in [0.25, 0.3) is 11.0 Å². The van der Waals surface area contributed by atoms with Crippen molar-refractivity contribution in [3.8, 4) is 0 Å². The van der Waals surface area contributed by atoms with Crippen LogP contribution in [0.5, 0.6) is 0 Å². The summed E-state index contributed by atoms with van der Waals surface area (Å²) in [4.78, 5) is 24.4. The molecule has 31 heavy (non-hydrogen) atoms. The van der Waals surface area contributed by atoms with Gasteiger partial charge in [-0.25, -0.2) is 22.2 Å². The van der Waals surface area contributed by atoms with Crippen LogP contribution in [0.3, 0.4) is 0 Å². The second-order valence-electron chi connectivity index (χ2n) is 6.88. The smallest absolute Gasteiger partial charge is 0.232 e. The van der Waals surface area contributed by atoms with Crippen molar-refractivity contribution in [2.45, 2.75) is 26.7 Å². The molecule has 2 heterocycles. The first-order valence-corrected chi connectivity index (χ1v) is 11.3. The number of anilines is 1. The fourth-order valence-corrected chi connectivity index (χ4v) is 4.43. The molecular weight excluding hydrogens is 426 g/mol. The molecule has 0 spiro atoms. The standard InChI is InChI=1S/C21H22F2N4O3S/c1-4-8-31(29,30)27-17-7-6-15(22)18(19(17)23)20(28)14-11-26-21-13(14)9-12(10-25-21)16(5-2)24-3/h6-7,9-11,27H,4-5,8H2,1-3H3,(H,25,26). The number of H-pyrrole nitrogens is 1. The number of carbonyl (C=O) groups excluding carboxylic acids is 1. The molecule has 0 bridgehead atoms. The number of aliphatic imine (C=N–C) groups is 1. The van der Waals surface area contributed by atoms with Crippen LogP contribution in [-0.4, -0.2) is 42.7 Å². The third-order valence-electron chi connectivity index (χ3n) is 4.77. The van der Waals surface area contributed by atoms with Crippen molar-refractivity contribution in [3.05, 3.63) is 58.9 Å². The van der Waals surface area contributed by atoms with Gasteiger partial charge in [-0.1, -0.05) is 13.8 Å². The van der Waals surface area contributed by atoms with Gasteiger partial charge in [-0.05, 0) is 31.0 Å². The SMILES string of the molecule is CCCS(=O)(=O)Nc1ccc(F)c(C(=O)c2c[nH]c3ncc(C(CC)=NC)cc23)c1F. The van der Waals surface area contributed by atoms with Crippen LogP contribution in [0, 0.1) is 11.6 Å². The van der Waals surface area contributed by atoms with Crippen LogP contribution >= 0.6 is 0 Å². The normalized spacial score (nSPS) is 12.4. The summed E-state index contributed by atoms with van der Waals surface area (Å²) in [7, 11) is -2.18. The van der Waals surface area contributed by atoms with Crippen molar-refractivity contribution < 1.29 is 22.0 Å². The molecule has 0 saturated heterocycles. The summed E-state index contributed by atoms with van der Waals surface area (Å²) in [6, 6.07) is 3.49. The molecule has 2 N–H and O–H groups in total. The second kappa shape index (κ2) is 8.93. The summed E-state index contributed by atoms with van der Waals surface area (Å²) in [6.07, 6.45) is 3.88. The molecule has 0 aliphatic heterocycles. The van der Waals surface area contributed by atoms with Gasteiger partial charge in [-0.15, -0.1) is 0 Å². The zero-order valence-corrected chi connectivity index (χ0v) is 18.1. The van der Waals surface area contributed by atoms with Crippen LogP contribution in [0.4, 0.5) is 14.5 Å². The van der Waals surface area contributed by atoms with Gasteiger partial charge in [0.05, 0.1) is 17.0 Å². The largest absolute Gasteiger partial charge is 0.345 e. The Balaban J connectivity index is 2.10. The predicted molar refractivity (Wildman–Crippen MR) is 116 cm³/mol. The van der Waals surface area contributed by atoms with Crippen molar-refractivity contribution in [3.63, 3.8) is 0 Å². The van der Waals surface area contributed by atoms with Crippen molar-refractivity contribution >= 4 is 38.2 Å². The minimum atomic E-state index is -3.83. The molecule has 3 rings (SSSR count). The molecule has 2 aromatic heterocycles. The van der Waals surface area contributed by atoms with E-state index >= 15 is 4.39 Å². The van der Waals surface area contributed by atoms with Crippen LogP contribution < -0.4 is 4.72 Å². The summed E-state index contributed by atoms with van der Waals surface area (Å²) in [5.41, 5.74) is 0.513. The highest BCUT2D eigenvalue weighted by Gasteiger charge is 2.26. The van der Waals surface area contributed by atoms with Gasteiger partial charge in [0.1, 0.15) is 11.5 Å². The fourth-order valence-electron chi connectivity index (χ4n) is 3.30. The molecular formula is C21H22F2N4O3S. The van der Waals surface area contributed by atoms with Crippen LogP contribution in [-0.2, 0) is 10.0 Å². The van der Waals surface area contributed by atoms with E-state index in [1.54, 1.807) is 26.2 Å². The van der Waals surface area contributed by atoms with Gasteiger partial charge < -0.3 is 4.98 Å². The monoisotopic (exact) mass is 448 g/mol. The van der Waals surface area contributed by atoms with Gasteiger partial charge in [0.2, 0.25) is 15.8 Å². The molecule has 164 valence electrons. The van der Waals surface area contributed by atoms with Gasteiger partial charge in [-0.2, -0.15) is 0 Å². The number of ketones is 1. The topological polar surface area (TPSA) is 104 Å². The molecule has 1 aromatic carbocycles. The number of pyridine rings is 1. The summed E-state index contributed by atoms with van der Waals surface area (Å²) in [5.74, 6) is -3.53. The maximum atomic E-state index is 15.0. The first-order chi connectivity index (χ1) is 14.7. The highest BCUT2D eigenvalue weighted by atomic mass is 32.2. The molecule has 0 atom stereocenters. The lowest BCUT2D eigenvalue weighted by molar-refractivity contribution is 0.103. The highest BCUT2D eigenvalue weighted by molar-refractivity contribution is 7.92. The zero-order chi connectivity index (χ0) is 22.8. The van der Waals surface area contributed by atoms with Gasteiger partial charge >= 0.3 is 0 Å². The van der Waals surface area contributed by atoms with Crippen molar-refractivity contribution in [1.82, 2.24) is 9.97 Å². The molecule has 0 aliphatic rings. The summed E-state index contributed by atoms with van der Waals surface area (Å²) < 4.78 is 55.6. The molecule has 0 fully saturated rings. The molecule has 0 saturated carbocycles. The van der Waals surface area contributed by atoms with Crippen LogP contribution in [0.1, 0.15) is 48.2 Å². The molecule has 0 aliphatic carbocycles. The molecule has 3 aromatic rings. The number of benzene rings is 1. The Morgan fingerprint density at radius 2 is 2.00 bits per heavy atom. The number of aromatic amines is 1. The van der Waals surface area contributed by atoms with Crippen molar-refractivity contribution in [2.24, 2.45) is 4.99 Å². The Bertz CT molecular complexity index is 1280. The van der Waals surface area contributed by atoms with Crippen molar-refractivity contribution in [1.29, 1.82) is 0 Å². The van der Waals surface area contributed by atoms with Crippen LogP contribution in [0.2, 0.25) is 0 Å². The van der Waals surface area contributed by atoms with E-state index in [4.69, 9.17) is 0 Å². The number of aromatic nitrogens is 2. The summed E-state index contributed by atoms with van der Waals surface area (Å²) in [6.45, 7) is 3.58. The first kappa shape index (κ1) is 22.5. The summed E-state index contributed by atoms with van der Waals surface area (Å²) >= 11 is 0. The maximum Gasteiger partial charge on any atom is 0.232 e. The third-order valence-corrected chi connectivity index (χ3v) is 6.25. The Morgan fingerprint density at radius 1 is 1.26 bits per heavy atom. The average Bonchev–Trinajstić information content (AvgIpc) is 3.14. The number of nitrogens with zero attached hydrogens (tertiary/aromatic N) is 2. The zero-order valence-electron chi connectivity index (χ0n) is 17.3. The van der Waals surface area contributed by atoms with E-state index in [1.165, 1.54) is 6.20 Å². The van der Waals surface area contributed by atoms with E-state index in [0.29, 0.717) is 29.4 Å². The number of hydrogen-bond donors (Lipinski definition) is 2. The summed E-state index contributed by atoms with van der Waals surface area (Å²) in [5, 5.41) is 0.382. The number of rotatable bonds is 8. The van der Waals surface area contributed by atoms with E-state index in [2.05, 4.69) is 19.7 Å². The number of sulfonamides is 1. The predicted octanol–water partition coefficient (Wildman–Crippen LogP) is 4.05.